The summed E-state index contributed by atoms with van der Waals surface area (Å²) in [6.07, 6.45) is -7.85. The Morgan fingerprint density at radius 3 is 1.87 bits per heavy atom. The van der Waals surface area contributed by atoms with Crippen molar-refractivity contribution in [2.75, 3.05) is 19.8 Å². The maximum atomic E-state index is 13.0. The van der Waals surface area contributed by atoms with Crippen LogP contribution in [0.5, 0.6) is 0 Å². The number of carbonyl (C=O) groups is 2. The summed E-state index contributed by atoms with van der Waals surface area (Å²) < 4.78 is 39.7. The van der Waals surface area contributed by atoms with E-state index in [0.29, 0.717) is 0 Å². The van der Waals surface area contributed by atoms with Gasteiger partial charge in [0.15, 0.2) is 11.9 Å². The lowest BCUT2D eigenvalue weighted by atomic mass is 9.72. The molecule has 53 heavy (non-hydrogen) atoms. The first-order valence-corrected chi connectivity index (χ1v) is 17.7. The number of hydrogen-bond acceptors (Lipinski definition) is 11. The minimum atomic E-state index is -1.85. The highest BCUT2D eigenvalue weighted by Gasteiger charge is 2.67. The van der Waals surface area contributed by atoms with E-state index in [1.165, 1.54) is 19.9 Å². The standard InChI is InChI=1S/C40H50N2O11/c1-4-20-49-37-34(42-27(3)45)39(50-23-29-16-10-6-11-17-29)53-32(25-48-22-28-14-8-5-9-15-28)40(37,51-24-30-18-12-7-13-19-30)38-33(41-26(2)44)36(47)35(46)31(21-43)52-38/h4-19,31-39,43,46-47H,1,20-25H2,2-3H3,(H,41,44)(H,42,45)/t31-,32-,33+,34+,35-,36-,37-,38-,39+,40-/m1/s1. The molecular weight excluding hydrogens is 684 g/mol. The number of amides is 2. The SMILES string of the molecule is C=CCO[C@@H]1[C@H](NC(C)=O)[C@@H](OCc2ccccc2)O[C@H](COCc2ccccc2)[C@]1(OCc1ccccc1)[C@@H]1O[C@H](CO)[C@@H](O)[C@H](O)[C@@H]1NC(C)=O. The molecule has 0 unspecified atom stereocenters. The van der Waals surface area contributed by atoms with Crippen molar-refractivity contribution in [3.8, 4) is 0 Å². The van der Waals surface area contributed by atoms with Gasteiger partial charge in [-0.05, 0) is 16.7 Å². The molecule has 5 N–H and O–H groups in total. The van der Waals surface area contributed by atoms with Gasteiger partial charge in [0, 0.05) is 13.8 Å². The van der Waals surface area contributed by atoms with E-state index in [1.807, 2.05) is 91.0 Å². The first-order chi connectivity index (χ1) is 25.7. The molecule has 286 valence electrons. The third-order valence-corrected chi connectivity index (χ3v) is 9.34. The lowest BCUT2D eigenvalue weighted by Gasteiger charge is -2.59. The number of rotatable bonds is 17. The van der Waals surface area contributed by atoms with Crippen LogP contribution in [0, 0.1) is 0 Å². The Balaban J connectivity index is 1.69. The Kier molecular flexibility index (Phi) is 14.7. The monoisotopic (exact) mass is 734 g/mol. The fourth-order valence-electron chi connectivity index (χ4n) is 6.95. The van der Waals surface area contributed by atoms with Crippen molar-refractivity contribution in [3.63, 3.8) is 0 Å². The Morgan fingerprint density at radius 1 is 0.774 bits per heavy atom. The van der Waals surface area contributed by atoms with Crippen LogP contribution < -0.4 is 10.6 Å². The van der Waals surface area contributed by atoms with Crippen molar-refractivity contribution >= 4 is 11.8 Å². The number of aliphatic hydroxyl groups excluding tert-OH is 3. The van der Waals surface area contributed by atoms with Crippen molar-refractivity contribution in [1.29, 1.82) is 0 Å². The zero-order chi connectivity index (χ0) is 37.8. The third-order valence-electron chi connectivity index (χ3n) is 9.34. The van der Waals surface area contributed by atoms with Crippen LogP contribution in [0.15, 0.2) is 104 Å². The minimum absolute atomic E-state index is 0.0354. The van der Waals surface area contributed by atoms with Crippen molar-refractivity contribution < 1.29 is 53.3 Å². The topological polar surface area (TPSA) is 174 Å². The zero-order valence-corrected chi connectivity index (χ0v) is 30.0. The van der Waals surface area contributed by atoms with Gasteiger partial charge in [-0.15, -0.1) is 6.58 Å². The molecule has 0 bridgehead atoms. The van der Waals surface area contributed by atoms with Gasteiger partial charge < -0.3 is 54.4 Å². The summed E-state index contributed by atoms with van der Waals surface area (Å²) >= 11 is 0. The van der Waals surface area contributed by atoms with Crippen LogP contribution in [0.3, 0.4) is 0 Å². The zero-order valence-electron chi connectivity index (χ0n) is 30.0. The van der Waals surface area contributed by atoms with Crippen molar-refractivity contribution in [2.45, 2.75) is 94.3 Å². The Hall–Kier alpha value is -4.02. The van der Waals surface area contributed by atoms with Gasteiger partial charge in [0.25, 0.3) is 0 Å². The summed E-state index contributed by atoms with van der Waals surface area (Å²) in [6.45, 7) is 5.84. The summed E-state index contributed by atoms with van der Waals surface area (Å²) in [5, 5.41) is 38.7. The summed E-state index contributed by atoms with van der Waals surface area (Å²) in [4.78, 5) is 25.7. The first kappa shape index (κ1) is 40.2. The molecule has 3 aromatic rings. The Morgan fingerprint density at radius 2 is 1.32 bits per heavy atom. The molecule has 13 heteroatoms. The van der Waals surface area contributed by atoms with E-state index in [-0.39, 0.29) is 33.0 Å². The highest BCUT2D eigenvalue weighted by molar-refractivity contribution is 5.74. The maximum Gasteiger partial charge on any atom is 0.217 e. The molecule has 0 aromatic heterocycles. The average Bonchev–Trinajstić information content (AvgIpc) is 3.16. The molecular formula is C40H50N2O11. The van der Waals surface area contributed by atoms with Gasteiger partial charge in [-0.1, -0.05) is 97.1 Å². The fraction of sp³-hybridized carbons (Fsp3) is 0.450. The molecule has 10 atom stereocenters. The van der Waals surface area contributed by atoms with E-state index < -0.39 is 79.0 Å². The van der Waals surface area contributed by atoms with Crippen LogP contribution in [0.25, 0.3) is 0 Å². The third kappa shape index (κ3) is 9.95. The minimum Gasteiger partial charge on any atom is -0.394 e. The largest absolute Gasteiger partial charge is 0.394 e. The molecule has 2 aliphatic heterocycles. The van der Waals surface area contributed by atoms with Crippen LogP contribution in [0.1, 0.15) is 30.5 Å². The molecule has 5 rings (SSSR count). The summed E-state index contributed by atoms with van der Waals surface area (Å²) in [5.74, 6) is -0.961. The fourth-order valence-corrected chi connectivity index (χ4v) is 6.95. The summed E-state index contributed by atoms with van der Waals surface area (Å²) in [5.41, 5.74) is 0.634. The van der Waals surface area contributed by atoms with E-state index in [1.54, 1.807) is 0 Å². The molecule has 2 aliphatic rings. The van der Waals surface area contributed by atoms with Crippen LogP contribution in [-0.2, 0) is 57.8 Å². The Labute approximate surface area is 309 Å². The lowest BCUT2D eigenvalue weighted by molar-refractivity contribution is -0.365. The van der Waals surface area contributed by atoms with Gasteiger partial charge in [0.2, 0.25) is 11.8 Å². The van der Waals surface area contributed by atoms with Gasteiger partial charge >= 0.3 is 0 Å². The van der Waals surface area contributed by atoms with Gasteiger partial charge in [0.05, 0.1) is 45.7 Å². The number of carbonyl (C=O) groups excluding carboxylic acids is 2. The van der Waals surface area contributed by atoms with Gasteiger partial charge in [-0.2, -0.15) is 0 Å². The summed E-state index contributed by atoms with van der Waals surface area (Å²) in [7, 11) is 0. The number of hydrogen-bond donors (Lipinski definition) is 5. The van der Waals surface area contributed by atoms with Crippen LogP contribution >= 0.6 is 0 Å². The second-order valence-corrected chi connectivity index (χ2v) is 13.2. The lowest BCUT2D eigenvalue weighted by Crippen LogP contribution is -2.81. The quantitative estimate of drug-likeness (QED) is 0.129. The molecule has 2 amide bonds. The molecule has 13 nitrogen and oxygen atoms in total. The van der Waals surface area contributed by atoms with Crippen LogP contribution in [0.4, 0.5) is 0 Å². The molecule has 0 saturated carbocycles. The molecule has 0 radical (unpaired) electrons. The smallest absolute Gasteiger partial charge is 0.217 e. The molecule has 2 saturated heterocycles. The van der Waals surface area contributed by atoms with Gasteiger partial charge in [-0.3, -0.25) is 9.59 Å². The predicted octanol–water partition coefficient (Wildman–Crippen LogP) is 2.16. The van der Waals surface area contributed by atoms with E-state index in [2.05, 4.69) is 17.2 Å². The first-order valence-electron chi connectivity index (χ1n) is 17.7. The van der Waals surface area contributed by atoms with Crippen LogP contribution in [0.2, 0.25) is 0 Å². The highest BCUT2D eigenvalue weighted by Crippen LogP contribution is 2.44. The van der Waals surface area contributed by atoms with E-state index in [0.717, 1.165) is 16.7 Å². The van der Waals surface area contributed by atoms with E-state index in [9.17, 15) is 24.9 Å². The highest BCUT2D eigenvalue weighted by atomic mass is 16.7. The molecule has 2 heterocycles. The van der Waals surface area contributed by atoms with E-state index >= 15 is 0 Å². The Bertz CT molecular complexity index is 1580. The second kappa shape index (κ2) is 19.3. The van der Waals surface area contributed by atoms with Gasteiger partial charge in [0.1, 0.15) is 42.7 Å². The number of nitrogens with one attached hydrogen (secondary N) is 2. The maximum absolute atomic E-state index is 13.0. The predicted molar refractivity (Wildman–Crippen MR) is 193 cm³/mol. The van der Waals surface area contributed by atoms with Crippen LogP contribution in [-0.4, -0.2) is 108 Å². The molecule has 2 fully saturated rings. The van der Waals surface area contributed by atoms with Crippen molar-refractivity contribution in [3.05, 3.63) is 120 Å². The number of aliphatic hydroxyl groups is 3. The van der Waals surface area contributed by atoms with Crippen molar-refractivity contribution in [1.82, 2.24) is 10.6 Å². The average molecular weight is 735 g/mol. The molecule has 0 aliphatic carbocycles. The number of ether oxygens (including phenoxy) is 6. The second-order valence-electron chi connectivity index (χ2n) is 13.2. The van der Waals surface area contributed by atoms with Crippen molar-refractivity contribution in [2.24, 2.45) is 0 Å². The van der Waals surface area contributed by atoms with E-state index in [4.69, 9.17) is 28.4 Å². The van der Waals surface area contributed by atoms with Gasteiger partial charge in [-0.25, -0.2) is 0 Å². The molecule has 0 spiro atoms. The molecule has 3 aromatic carbocycles. The normalized spacial score (nSPS) is 29.9. The number of benzene rings is 3. The summed E-state index contributed by atoms with van der Waals surface area (Å²) in [6, 6.07) is 25.8.